The molecule has 0 bridgehead atoms. The van der Waals surface area contributed by atoms with E-state index in [4.69, 9.17) is 15.7 Å². The van der Waals surface area contributed by atoms with E-state index < -0.39 is 12.2 Å². The van der Waals surface area contributed by atoms with Gasteiger partial charge in [0.1, 0.15) is 6.10 Å². The number of rotatable bonds is 5. The van der Waals surface area contributed by atoms with Crippen LogP contribution in [0.1, 0.15) is 53.2 Å². The van der Waals surface area contributed by atoms with Gasteiger partial charge in [-0.05, 0) is 67.5 Å². The van der Waals surface area contributed by atoms with E-state index in [2.05, 4.69) is 23.3 Å². The van der Waals surface area contributed by atoms with Gasteiger partial charge in [-0.15, -0.1) is 0 Å². The minimum atomic E-state index is -0.832. The lowest BCUT2D eigenvalue weighted by Crippen LogP contribution is -2.44. The highest BCUT2D eigenvalue weighted by atomic mass is 16.6. The lowest BCUT2D eigenvalue weighted by molar-refractivity contribution is 0.0369. The lowest BCUT2D eigenvalue weighted by Gasteiger charge is -2.31. The van der Waals surface area contributed by atoms with Crippen LogP contribution in [0.25, 0.3) is 16.9 Å². The molecule has 8 nitrogen and oxygen atoms in total. The van der Waals surface area contributed by atoms with Crippen LogP contribution in [0.15, 0.2) is 54.6 Å². The van der Waals surface area contributed by atoms with Gasteiger partial charge in [-0.3, -0.25) is 4.79 Å². The van der Waals surface area contributed by atoms with Gasteiger partial charge in [0.15, 0.2) is 5.69 Å². The molecule has 1 saturated carbocycles. The van der Waals surface area contributed by atoms with Gasteiger partial charge >= 0.3 is 6.09 Å². The highest BCUT2D eigenvalue weighted by Gasteiger charge is 2.29. The number of nitrogens with two attached hydrogens (primary N) is 1. The summed E-state index contributed by atoms with van der Waals surface area (Å²) in [5.41, 5.74) is 9.82. The van der Waals surface area contributed by atoms with Crippen molar-refractivity contribution in [3.8, 4) is 23.0 Å². The van der Waals surface area contributed by atoms with E-state index in [1.807, 2.05) is 24.3 Å². The van der Waals surface area contributed by atoms with Gasteiger partial charge in [-0.2, -0.15) is 10.4 Å². The van der Waals surface area contributed by atoms with Gasteiger partial charge in [0.25, 0.3) is 5.91 Å². The second-order valence-corrected chi connectivity index (χ2v) is 8.83. The zero-order chi connectivity index (χ0) is 23.7. The molecule has 3 aromatic rings. The maximum atomic E-state index is 13.3. The fourth-order valence-electron chi connectivity index (χ4n) is 4.45. The Labute approximate surface area is 197 Å². The molecule has 1 aliphatic heterocycles. The van der Waals surface area contributed by atoms with E-state index in [-0.39, 0.29) is 12.5 Å². The minimum Gasteiger partial charge on any atom is -0.445 e. The zero-order valence-corrected chi connectivity index (χ0v) is 18.7. The third-order valence-corrected chi connectivity index (χ3v) is 6.37. The van der Waals surface area contributed by atoms with Gasteiger partial charge in [-0.25, -0.2) is 9.48 Å². The molecule has 1 atom stereocenters. The van der Waals surface area contributed by atoms with Crippen LogP contribution < -0.4 is 5.73 Å². The molecule has 2 fully saturated rings. The molecular weight excluding hydrogens is 430 g/mol. The van der Waals surface area contributed by atoms with Crippen LogP contribution in [0.3, 0.4) is 0 Å². The number of nitrogens with zero attached hydrogens (tertiary/aromatic N) is 4. The first kappa shape index (κ1) is 21.7. The first-order chi connectivity index (χ1) is 16.5. The van der Waals surface area contributed by atoms with Crippen LogP contribution in [0.4, 0.5) is 4.79 Å². The Morgan fingerprint density at radius 1 is 1.06 bits per heavy atom. The predicted molar refractivity (Wildman–Crippen MR) is 125 cm³/mol. The SMILES string of the molecule is N#Cc1ccc(-c2cc(C(=O)N3CCCC(OC(N)=O)C3)nn2-c2ccc(C3CC3)cc2)cc1. The van der Waals surface area contributed by atoms with Crippen molar-refractivity contribution in [3.05, 3.63) is 71.4 Å². The Kier molecular flexibility index (Phi) is 5.76. The molecule has 2 aromatic carbocycles. The Bertz CT molecular complexity index is 1250. The predicted octanol–water partition coefficient (Wildman–Crippen LogP) is 3.99. The molecule has 0 spiro atoms. The number of hydrogen-bond acceptors (Lipinski definition) is 5. The third kappa shape index (κ3) is 4.50. The van der Waals surface area contributed by atoms with E-state index in [0.29, 0.717) is 30.1 Å². The summed E-state index contributed by atoms with van der Waals surface area (Å²) in [4.78, 5) is 26.2. The lowest BCUT2D eigenvalue weighted by atomic mass is 10.1. The molecule has 172 valence electrons. The number of hydrogen-bond donors (Lipinski definition) is 1. The fourth-order valence-corrected chi connectivity index (χ4v) is 4.45. The number of carbonyl (C=O) groups is 2. The van der Waals surface area contributed by atoms with Crippen LogP contribution in [0, 0.1) is 11.3 Å². The maximum Gasteiger partial charge on any atom is 0.404 e. The van der Waals surface area contributed by atoms with Crippen molar-refractivity contribution < 1.29 is 14.3 Å². The van der Waals surface area contributed by atoms with Crippen molar-refractivity contribution in [3.63, 3.8) is 0 Å². The van der Waals surface area contributed by atoms with E-state index in [1.165, 1.54) is 18.4 Å². The molecule has 2 amide bonds. The Morgan fingerprint density at radius 3 is 2.44 bits per heavy atom. The average molecular weight is 456 g/mol. The van der Waals surface area contributed by atoms with E-state index in [0.717, 1.165) is 23.4 Å². The number of amides is 2. The summed E-state index contributed by atoms with van der Waals surface area (Å²) in [6, 6.07) is 19.4. The Hall–Kier alpha value is -4.12. The quantitative estimate of drug-likeness (QED) is 0.625. The summed E-state index contributed by atoms with van der Waals surface area (Å²) in [5.74, 6) is 0.428. The Balaban J connectivity index is 1.48. The van der Waals surface area contributed by atoms with Crippen molar-refractivity contribution in [2.45, 2.75) is 37.7 Å². The van der Waals surface area contributed by atoms with E-state index in [9.17, 15) is 9.59 Å². The second-order valence-electron chi connectivity index (χ2n) is 8.83. The topological polar surface area (TPSA) is 114 Å². The van der Waals surface area contributed by atoms with Gasteiger partial charge in [0, 0.05) is 12.1 Å². The molecule has 34 heavy (non-hydrogen) atoms. The van der Waals surface area contributed by atoms with E-state index >= 15 is 0 Å². The number of likely N-dealkylation sites (tertiary alicyclic amines) is 1. The molecule has 1 saturated heterocycles. The number of benzene rings is 2. The number of aromatic nitrogens is 2. The van der Waals surface area contributed by atoms with Gasteiger partial charge in [-0.1, -0.05) is 24.3 Å². The summed E-state index contributed by atoms with van der Waals surface area (Å²) < 4.78 is 6.90. The number of primary amides is 1. The van der Waals surface area contributed by atoms with Crippen LogP contribution in [0.5, 0.6) is 0 Å². The highest BCUT2D eigenvalue weighted by Crippen LogP contribution is 2.40. The third-order valence-electron chi connectivity index (χ3n) is 6.37. The maximum absolute atomic E-state index is 13.3. The minimum absolute atomic E-state index is 0.221. The van der Waals surface area contributed by atoms with Crippen molar-refractivity contribution in [1.29, 1.82) is 5.26 Å². The molecule has 8 heteroatoms. The molecule has 1 aromatic heterocycles. The van der Waals surface area contributed by atoms with Crippen LogP contribution >= 0.6 is 0 Å². The summed E-state index contributed by atoms with van der Waals surface area (Å²) in [5, 5.41) is 13.8. The van der Waals surface area contributed by atoms with Crippen molar-refractivity contribution in [1.82, 2.24) is 14.7 Å². The van der Waals surface area contributed by atoms with Gasteiger partial charge < -0.3 is 15.4 Å². The Morgan fingerprint density at radius 2 is 1.79 bits per heavy atom. The summed E-state index contributed by atoms with van der Waals surface area (Å²) in [6.07, 6.45) is 2.60. The number of nitriles is 1. The van der Waals surface area contributed by atoms with Crippen molar-refractivity contribution in [2.75, 3.05) is 13.1 Å². The van der Waals surface area contributed by atoms with Crippen LogP contribution in [0.2, 0.25) is 0 Å². The normalized spacial score (nSPS) is 17.7. The zero-order valence-electron chi connectivity index (χ0n) is 18.7. The molecule has 0 radical (unpaired) electrons. The molecule has 2 heterocycles. The van der Waals surface area contributed by atoms with Crippen molar-refractivity contribution in [2.24, 2.45) is 5.73 Å². The standard InChI is InChI=1S/C26H25N5O3/c27-15-17-3-5-20(6-4-17)24-14-23(25(32)30-13-1-2-22(16-30)34-26(28)33)29-31(24)21-11-9-19(10-12-21)18-7-8-18/h3-6,9-12,14,18,22H,1-2,7-8,13,16H2,(H2,28,33). The molecule has 1 unspecified atom stereocenters. The smallest absolute Gasteiger partial charge is 0.404 e. The summed E-state index contributed by atoms with van der Waals surface area (Å²) in [7, 11) is 0. The first-order valence-corrected chi connectivity index (χ1v) is 11.5. The molecular formula is C26H25N5O3. The molecule has 1 aliphatic carbocycles. The van der Waals surface area contributed by atoms with Gasteiger partial charge in [0.05, 0.1) is 29.6 Å². The second kappa shape index (κ2) is 9.02. The number of piperidine rings is 1. The van der Waals surface area contributed by atoms with Gasteiger partial charge in [0.2, 0.25) is 0 Å². The number of ether oxygens (including phenoxy) is 1. The number of carbonyl (C=O) groups excluding carboxylic acids is 2. The summed E-state index contributed by atoms with van der Waals surface area (Å²) in [6.45, 7) is 0.851. The average Bonchev–Trinajstić information content (AvgIpc) is 3.62. The monoisotopic (exact) mass is 455 g/mol. The highest BCUT2D eigenvalue weighted by molar-refractivity contribution is 5.93. The van der Waals surface area contributed by atoms with Crippen molar-refractivity contribution >= 4 is 12.0 Å². The van der Waals surface area contributed by atoms with Crippen LogP contribution in [-0.4, -0.2) is 45.9 Å². The molecule has 5 rings (SSSR count). The molecule has 2 aliphatic rings. The van der Waals surface area contributed by atoms with E-state index in [1.54, 1.807) is 27.8 Å². The fraction of sp³-hybridized carbons (Fsp3) is 0.308. The van der Waals surface area contributed by atoms with Crippen LogP contribution in [-0.2, 0) is 4.74 Å². The molecule has 2 N–H and O–H groups in total. The summed E-state index contributed by atoms with van der Waals surface area (Å²) >= 11 is 0. The first-order valence-electron chi connectivity index (χ1n) is 11.5. The largest absolute Gasteiger partial charge is 0.445 e.